The molecule has 2 aliphatic rings. The van der Waals surface area contributed by atoms with Gasteiger partial charge in [0.2, 0.25) is 0 Å². The minimum Gasteiger partial charge on any atom is -0.310 e. The van der Waals surface area contributed by atoms with Crippen LogP contribution in [0.1, 0.15) is 52.7 Å². The Morgan fingerprint density at radius 3 is 0.990 bits per heavy atom. The first kappa shape index (κ1) is 61.9. The van der Waals surface area contributed by atoms with Crippen LogP contribution in [0.25, 0.3) is 135 Å². The smallest absolute Gasteiger partial charge is 0.252 e. The monoisotopic (exact) mass is 1370 g/mol. The lowest BCUT2D eigenvalue weighted by molar-refractivity contribution is 0.591. The third kappa shape index (κ3) is 9.94. The van der Waals surface area contributed by atoms with Gasteiger partial charge < -0.3 is 14.4 Å². The van der Waals surface area contributed by atoms with E-state index in [1.807, 2.05) is 22.7 Å². The van der Waals surface area contributed by atoms with Crippen molar-refractivity contribution in [2.24, 2.45) is 0 Å². The van der Waals surface area contributed by atoms with Gasteiger partial charge in [-0.15, -0.1) is 22.7 Å². The normalized spacial score (nSPS) is 12.8. The number of nitrogens with zero attached hydrogens (tertiary/aromatic N) is 5. The molecule has 18 aromatic rings. The van der Waals surface area contributed by atoms with Gasteiger partial charge in [-0.2, -0.15) is 0 Å². The molecule has 0 spiro atoms. The second kappa shape index (κ2) is 23.8. The number of thiophene rings is 2. The number of benzene rings is 13. The molecule has 0 aliphatic carbocycles. The van der Waals surface area contributed by atoms with Gasteiger partial charge >= 0.3 is 0 Å². The van der Waals surface area contributed by atoms with Gasteiger partial charge in [0.15, 0.2) is 0 Å². The molecule has 0 amide bonds. The second-order valence-corrected chi connectivity index (χ2v) is 32.3. The van der Waals surface area contributed by atoms with E-state index in [9.17, 15) is 0 Å². The zero-order valence-corrected chi connectivity index (χ0v) is 60.3. The van der Waals surface area contributed by atoms with E-state index < -0.39 is 0 Å². The van der Waals surface area contributed by atoms with Crippen molar-refractivity contribution in [2.45, 2.75) is 52.4 Å². The van der Waals surface area contributed by atoms with Gasteiger partial charge in [-0.3, -0.25) is 9.97 Å². The molecular weight excluding hydrogens is 1300 g/mol. The number of fused-ring (bicyclic) bond motifs is 13. The molecule has 0 saturated carbocycles. The van der Waals surface area contributed by atoms with E-state index in [1.165, 1.54) is 89.8 Å². The summed E-state index contributed by atoms with van der Waals surface area (Å²) in [5, 5.41) is 7.56. The van der Waals surface area contributed by atoms with Crippen molar-refractivity contribution in [3.8, 4) is 72.4 Å². The van der Waals surface area contributed by atoms with Gasteiger partial charge in [0.1, 0.15) is 0 Å². The Balaban J connectivity index is 0.949. The summed E-state index contributed by atoms with van der Waals surface area (Å²) in [7, 11) is 0. The van der Waals surface area contributed by atoms with Crippen LogP contribution in [0.4, 0.5) is 34.1 Å². The van der Waals surface area contributed by atoms with Crippen LogP contribution >= 0.6 is 22.7 Å². The standard InChI is InChI=1S/C96H70BN5S2/c1-95(2,3)67-39-45-90-74(51-67)72-47-63(37-43-88(72)103-90)65-35-41-84-80(49-65)97-81-50-66(64-38-44-89-73(48-64)75-52-68(96(4,5)6)40-46-91(75)104-89)36-42-85(81)102(94-78(61-27-15-9-16-28-61)57-99-58-79(94)62-29-17-10-18-30-62)87-54-69(100-82-33-21-19-31-70(82)71-32-20-22-34-83(71)100)53-86(92(87)97)101(84)93-76(59-23-11-7-12-24-59)55-98-56-77(93)60-25-13-8-14-26-60/h7-58H,1-6H3. The van der Waals surface area contributed by atoms with Crippen LogP contribution in [-0.2, 0) is 10.8 Å². The van der Waals surface area contributed by atoms with Gasteiger partial charge in [0.25, 0.3) is 6.71 Å². The maximum atomic E-state index is 5.21. The topological polar surface area (TPSA) is 37.2 Å². The maximum absolute atomic E-state index is 5.21. The zero-order chi connectivity index (χ0) is 69.7. The van der Waals surface area contributed by atoms with Crippen LogP contribution in [0.15, 0.2) is 316 Å². The van der Waals surface area contributed by atoms with Crippen molar-refractivity contribution in [3.05, 3.63) is 327 Å². The van der Waals surface area contributed by atoms with Crippen molar-refractivity contribution >= 4 is 142 Å². The summed E-state index contributed by atoms with van der Waals surface area (Å²) >= 11 is 3.76. The molecule has 0 radical (unpaired) electrons. The summed E-state index contributed by atoms with van der Waals surface area (Å²) in [6, 6.07) is 110. The molecule has 0 unspecified atom stereocenters. The summed E-state index contributed by atoms with van der Waals surface area (Å²) in [5.74, 6) is 0. The van der Waals surface area contributed by atoms with E-state index in [0.717, 1.165) is 106 Å². The Labute approximate surface area is 614 Å². The molecule has 0 atom stereocenters. The molecule has 0 N–H and O–H groups in total. The summed E-state index contributed by atoms with van der Waals surface area (Å²) < 4.78 is 7.69. The molecule has 0 bridgehead atoms. The van der Waals surface area contributed by atoms with Crippen molar-refractivity contribution < 1.29 is 0 Å². The highest BCUT2D eigenvalue weighted by atomic mass is 32.1. The minimum absolute atomic E-state index is 0.00406. The van der Waals surface area contributed by atoms with Crippen LogP contribution in [0.5, 0.6) is 0 Å². The molecular formula is C96H70BN5S2. The highest BCUT2D eigenvalue weighted by molar-refractivity contribution is 7.26. The highest BCUT2D eigenvalue weighted by Crippen LogP contribution is 2.54. The average Bonchev–Trinajstić information content (AvgIpc) is 0.722. The predicted molar refractivity (Wildman–Crippen MR) is 446 cm³/mol. The molecule has 0 saturated heterocycles. The van der Waals surface area contributed by atoms with Gasteiger partial charge in [-0.1, -0.05) is 248 Å². The minimum atomic E-state index is -0.311. The van der Waals surface area contributed by atoms with Crippen molar-refractivity contribution in [3.63, 3.8) is 0 Å². The van der Waals surface area contributed by atoms with Gasteiger partial charge in [-0.25, -0.2) is 0 Å². The van der Waals surface area contributed by atoms with Gasteiger partial charge in [0.05, 0.1) is 28.1 Å². The SMILES string of the molecule is CC(C)(C)c1ccc2sc3ccc(-c4ccc5c(c4)B4c6cc(-c7ccc8sc9ccc(C(C)(C)C)cc9c8c7)ccc6N(c6c(-c7ccccc7)cncc6-c6ccccc6)c6cc(-n7c8ccccc8c8ccccc87)cc(c64)N5c4c(-c5ccccc5)cncc4-c4ccccc4)cc3c2c1. The molecule has 494 valence electrons. The van der Waals surface area contributed by atoms with Crippen molar-refractivity contribution in [1.29, 1.82) is 0 Å². The van der Waals surface area contributed by atoms with E-state index in [0.29, 0.717) is 0 Å². The van der Waals surface area contributed by atoms with E-state index >= 15 is 0 Å². The third-order valence-electron chi connectivity index (χ3n) is 21.8. The first-order valence-corrected chi connectivity index (χ1v) is 37.6. The lowest BCUT2D eigenvalue weighted by Gasteiger charge is -2.46. The maximum Gasteiger partial charge on any atom is 0.252 e. The number of para-hydroxylation sites is 2. The molecule has 0 fully saturated rings. The second-order valence-electron chi connectivity index (χ2n) is 30.1. The van der Waals surface area contributed by atoms with Crippen molar-refractivity contribution in [2.75, 3.05) is 9.80 Å². The average molecular weight is 1370 g/mol. The lowest BCUT2D eigenvalue weighted by atomic mass is 9.33. The Morgan fingerprint density at radius 2 is 0.615 bits per heavy atom. The molecule has 104 heavy (non-hydrogen) atoms. The van der Waals surface area contributed by atoms with E-state index in [2.05, 4.69) is 372 Å². The largest absolute Gasteiger partial charge is 0.310 e. The van der Waals surface area contributed by atoms with Crippen LogP contribution in [0.2, 0.25) is 0 Å². The van der Waals surface area contributed by atoms with Gasteiger partial charge in [0, 0.05) is 121 Å². The van der Waals surface area contributed by atoms with E-state index in [1.54, 1.807) is 0 Å². The predicted octanol–water partition coefficient (Wildman–Crippen LogP) is 25.0. The summed E-state index contributed by atoms with van der Waals surface area (Å²) in [4.78, 5) is 15.7. The number of pyridine rings is 2. The summed E-state index contributed by atoms with van der Waals surface area (Å²) in [6.07, 6.45) is 8.36. The number of anilines is 6. The van der Waals surface area contributed by atoms with Crippen LogP contribution < -0.4 is 26.2 Å². The van der Waals surface area contributed by atoms with Crippen molar-refractivity contribution in [1.82, 2.24) is 14.5 Å². The molecule has 20 rings (SSSR count). The van der Waals surface area contributed by atoms with Crippen LogP contribution in [0.3, 0.4) is 0 Å². The van der Waals surface area contributed by atoms with Crippen LogP contribution in [-0.4, -0.2) is 21.2 Å². The van der Waals surface area contributed by atoms with Crippen LogP contribution in [0, 0.1) is 0 Å². The highest BCUT2D eigenvalue weighted by Gasteiger charge is 2.46. The number of hydrogen-bond donors (Lipinski definition) is 0. The molecule has 8 heteroatoms. The molecule has 5 nitrogen and oxygen atoms in total. The third-order valence-corrected chi connectivity index (χ3v) is 24.2. The quantitative estimate of drug-likeness (QED) is 0.135. The summed E-state index contributed by atoms with van der Waals surface area (Å²) in [5.41, 5.74) is 29.0. The number of hydrogen-bond acceptors (Lipinski definition) is 6. The fourth-order valence-electron chi connectivity index (χ4n) is 16.7. The fourth-order valence-corrected chi connectivity index (χ4v) is 18.8. The number of rotatable bonds is 9. The Bertz CT molecular complexity index is 6010. The lowest BCUT2D eigenvalue weighted by Crippen LogP contribution is -2.61. The molecule has 13 aromatic carbocycles. The Morgan fingerprint density at radius 1 is 0.288 bits per heavy atom. The first-order chi connectivity index (χ1) is 50.8. The number of aromatic nitrogens is 3. The summed E-state index contributed by atoms with van der Waals surface area (Å²) in [6.45, 7) is 13.6. The molecule has 2 aliphatic heterocycles. The molecule has 5 aromatic heterocycles. The fraction of sp³-hybridized carbons (Fsp3) is 0.0833. The van der Waals surface area contributed by atoms with Gasteiger partial charge in [-0.05, 0) is 168 Å². The van der Waals surface area contributed by atoms with E-state index in [-0.39, 0.29) is 17.5 Å². The zero-order valence-electron chi connectivity index (χ0n) is 58.7. The Kier molecular flexibility index (Phi) is 14.2. The Hall–Kier alpha value is -11.9. The molecule has 7 heterocycles. The first-order valence-electron chi connectivity index (χ1n) is 36.0. The van der Waals surface area contributed by atoms with E-state index in [4.69, 9.17) is 9.97 Å².